The highest BCUT2D eigenvalue weighted by Crippen LogP contribution is 2.20. The van der Waals surface area contributed by atoms with Crippen LogP contribution in [0.4, 0.5) is 0 Å². The Morgan fingerprint density at radius 2 is 2.13 bits per heavy atom. The Labute approximate surface area is 92.2 Å². The number of aliphatic hydroxyl groups excluding tert-OH is 2. The van der Waals surface area contributed by atoms with Gasteiger partial charge in [-0.3, -0.25) is 0 Å². The molecule has 3 heteroatoms. The van der Waals surface area contributed by atoms with E-state index in [1.807, 2.05) is 6.92 Å². The monoisotopic (exact) mass is 213 g/mol. The third-order valence-electron chi connectivity index (χ3n) is 3.07. The van der Waals surface area contributed by atoms with Gasteiger partial charge < -0.3 is 15.5 Å². The van der Waals surface area contributed by atoms with E-state index in [0.29, 0.717) is 6.54 Å². The zero-order valence-electron chi connectivity index (χ0n) is 9.63. The lowest BCUT2D eigenvalue weighted by atomic mass is 9.93. The molecule has 3 N–H and O–H groups in total. The van der Waals surface area contributed by atoms with Gasteiger partial charge in [-0.05, 0) is 32.2 Å². The van der Waals surface area contributed by atoms with Crippen molar-refractivity contribution in [1.29, 1.82) is 0 Å². The summed E-state index contributed by atoms with van der Waals surface area (Å²) in [5.74, 6) is 0. The fourth-order valence-corrected chi connectivity index (χ4v) is 1.77. The first-order chi connectivity index (χ1) is 7.20. The van der Waals surface area contributed by atoms with Crippen molar-refractivity contribution in [2.24, 2.45) is 5.41 Å². The summed E-state index contributed by atoms with van der Waals surface area (Å²) in [6.45, 7) is 3.56. The maximum absolute atomic E-state index is 9.08. The minimum atomic E-state index is -0.385. The number of rotatable bonds is 7. The van der Waals surface area contributed by atoms with E-state index in [-0.39, 0.29) is 18.6 Å². The molecule has 0 saturated carbocycles. The summed E-state index contributed by atoms with van der Waals surface area (Å²) in [4.78, 5) is 0. The van der Waals surface area contributed by atoms with Gasteiger partial charge in [0.1, 0.15) is 0 Å². The molecule has 0 bridgehead atoms. The van der Waals surface area contributed by atoms with Crippen molar-refractivity contribution in [2.75, 3.05) is 26.3 Å². The molecule has 0 aromatic carbocycles. The van der Waals surface area contributed by atoms with Crippen LogP contribution in [0.5, 0.6) is 0 Å². The van der Waals surface area contributed by atoms with Crippen molar-refractivity contribution < 1.29 is 10.2 Å². The standard InChI is InChI=1S/C12H23NO2/c1-12(9-14,10-15)8-13-7-6-11-4-2-3-5-11/h4,13-15H,2-3,5-10H2,1H3. The second kappa shape index (κ2) is 6.26. The maximum Gasteiger partial charge on any atom is 0.0518 e. The van der Waals surface area contributed by atoms with Crippen LogP contribution in [0.25, 0.3) is 0 Å². The van der Waals surface area contributed by atoms with E-state index in [0.717, 1.165) is 13.0 Å². The van der Waals surface area contributed by atoms with Gasteiger partial charge in [0.05, 0.1) is 13.2 Å². The van der Waals surface area contributed by atoms with Crippen LogP contribution in [0.1, 0.15) is 32.6 Å². The molecule has 1 aliphatic carbocycles. The Bertz CT molecular complexity index is 210. The average Bonchev–Trinajstić information content (AvgIpc) is 2.77. The van der Waals surface area contributed by atoms with Crippen LogP contribution < -0.4 is 5.32 Å². The van der Waals surface area contributed by atoms with Crippen molar-refractivity contribution >= 4 is 0 Å². The molecule has 1 aliphatic rings. The summed E-state index contributed by atoms with van der Waals surface area (Å²) >= 11 is 0. The molecule has 15 heavy (non-hydrogen) atoms. The summed E-state index contributed by atoms with van der Waals surface area (Å²) in [6.07, 6.45) is 7.23. The Kier molecular flexibility index (Phi) is 5.29. The van der Waals surface area contributed by atoms with Crippen molar-refractivity contribution in [2.45, 2.75) is 32.6 Å². The van der Waals surface area contributed by atoms with Gasteiger partial charge in [0, 0.05) is 12.0 Å². The van der Waals surface area contributed by atoms with E-state index < -0.39 is 0 Å². The van der Waals surface area contributed by atoms with E-state index in [4.69, 9.17) is 10.2 Å². The third-order valence-corrected chi connectivity index (χ3v) is 3.07. The first-order valence-electron chi connectivity index (χ1n) is 5.80. The first-order valence-corrected chi connectivity index (χ1v) is 5.80. The average molecular weight is 213 g/mol. The summed E-state index contributed by atoms with van der Waals surface area (Å²) in [5.41, 5.74) is 1.17. The number of hydrogen-bond donors (Lipinski definition) is 3. The number of aliphatic hydroxyl groups is 2. The van der Waals surface area contributed by atoms with E-state index in [2.05, 4.69) is 11.4 Å². The predicted molar refractivity (Wildman–Crippen MR) is 61.7 cm³/mol. The molecule has 1 rings (SSSR count). The molecule has 0 saturated heterocycles. The van der Waals surface area contributed by atoms with Crippen LogP contribution in [0.15, 0.2) is 11.6 Å². The summed E-state index contributed by atoms with van der Waals surface area (Å²) in [5, 5.41) is 21.5. The Morgan fingerprint density at radius 1 is 1.40 bits per heavy atom. The fourth-order valence-electron chi connectivity index (χ4n) is 1.77. The zero-order valence-corrected chi connectivity index (χ0v) is 9.63. The van der Waals surface area contributed by atoms with Gasteiger partial charge in [-0.15, -0.1) is 0 Å². The van der Waals surface area contributed by atoms with Crippen molar-refractivity contribution in [3.63, 3.8) is 0 Å². The molecule has 0 atom stereocenters. The molecular formula is C12H23NO2. The van der Waals surface area contributed by atoms with Crippen LogP contribution in [0, 0.1) is 5.41 Å². The SMILES string of the molecule is CC(CO)(CO)CNCCC1=CCCC1. The highest BCUT2D eigenvalue weighted by molar-refractivity contribution is 5.07. The molecule has 0 aliphatic heterocycles. The van der Waals surface area contributed by atoms with Gasteiger partial charge in [-0.25, -0.2) is 0 Å². The van der Waals surface area contributed by atoms with Gasteiger partial charge in [-0.1, -0.05) is 18.6 Å². The summed E-state index contributed by atoms with van der Waals surface area (Å²) in [6, 6.07) is 0. The van der Waals surface area contributed by atoms with Crippen LogP contribution in [0.3, 0.4) is 0 Å². The van der Waals surface area contributed by atoms with Gasteiger partial charge in [0.2, 0.25) is 0 Å². The topological polar surface area (TPSA) is 52.5 Å². The minimum Gasteiger partial charge on any atom is -0.396 e. The highest BCUT2D eigenvalue weighted by atomic mass is 16.3. The lowest BCUT2D eigenvalue weighted by Gasteiger charge is -2.24. The van der Waals surface area contributed by atoms with Crippen molar-refractivity contribution in [3.05, 3.63) is 11.6 Å². The second-order valence-corrected chi connectivity index (χ2v) is 4.81. The zero-order chi connectivity index (χ0) is 11.1. The van der Waals surface area contributed by atoms with Gasteiger partial charge in [0.25, 0.3) is 0 Å². The molecule has 0 radical (unpaired) electrons. The molecule has 0 aromatic heterocycles. The van der Waals surface area contributed by atoms with Crippen molar-refractivity contribution in [1.82, 2.24) is 5.32 Å². The molecular weight excluding hydrogens is 190 g/mol. The third kappa shape index (κ3) is 4.33. The van der Waals surface area contributed by atoms with E-state index in [1.165, 1.54) is 19.3 Å². The molecule has 3 nitrogen and oxygen atoms in total. The molecule has 0 heterocycles. The Hall–Kier alpha value is -0.380. The number of nitrogens with one attached hydrogen (secondary N) is 1. The molecule has 0 aromatic rings. The highest BCUT2D eigenvalue weighted by Gasteiger charge is 2.21. The quantitative estimate of drug-likeness (QED) is 0.438. The van der Waals surface area contributed by atoms with E-state index in [9.17, 15) is 0 Å². The summed E-state index contributed by atoms with van der Waals surface area (Å²) < 4.78 is 0. The van der Waals surface area contributed by atoms with E-state index in [1.54, 1.807) is 5.57 Å². The molecule has 88 valence electrons. The van der Waals surface area contributed by atoms with Crippen LogP contribution in [-0.2, 0) is 0 Å². The Morgan fingerprint density at radius 3 is 2.67 bits per heavy atom. The predicted octanol–water partition coefficient (Wildman–Crippen LogP) is 1.07. The van der Waals surface area contributed by atoms with Gasteiger partial charge in [-0.2, -0.15) is 0 Å². The second-order valence-electron chi connectivity index (χ2n) is 4.81. The minimum absolute atomic E-state index is 0.0270. The number of allylic oxidation sites excluding steroid dienone is 1. The molecule has 0 amide bonds. The number of hydrogen-bond acceptors (Lipinski definition) is 3. The van der Waals surface area contributed by atoms with Gasteiger partial charge in [0.15, 0.2) is 0 Å². The van der Waals surface area contributed by atoms with E-state index >= 15 is 0 Å². The largest absolute Gasteiger partial charge is 0.396 e. The van der Waals surface area contributed by atoms with Crippen LogP contribution >= 0.6 is 0 Å². The molecule has 0 spiro atoms. The Balaban J connectivity index is 2.10. The maximum atomic E-state index is 9.08. The lowest BCUT2D eigenvalue weighted by Crippen LogP contribution is -2.38. The van der Waals surface area contributed by atoms with Gasteiger partial charge >= 0.3 is 0 Å². The smallest absolute Gasteiger partial charge is 0.0518 e. The normalized spacial score (nSPS) is 16.9. The fraction of sp³-hybridized carbons (Fsp3) is 0.833. The summed E-state index contributed by atoms with van der Waals surface area (Å²) in [7, 11) is 0. The van der Waals surface area contributed by atoms with Crippen LogP contribution in [-0.4, -0.2) is 36.5 Å². The molecule has 0 fully saturated rings. The van der Waals surface area contributed by atoms with Crippen molar-refractivity contribution in [3.8, 4) is 0 Å². The van der Waals surface area contributed by atoms with Crippen LogP contribution in [0.2, 0.25) is 0 Å². The lowest BCUT2D eigenvalue weighted by molar-refractivity contribution is 0.0700. The first kappa shape index (κ1) is 12.7. The molecule has 0 unspecified atom stereocenters.